The molecule has 0 radical (unpaired) electrons. The van der Waals surface area contributed by atoms with Gasteiger partial charge in [0.1, 0.15) is 0 Å². The van der Waals surface area contributed by atoms with E-state index in [1.54, 1.807) is 0 Å². The second-order valence-corrected chi connectivity index (χ2v) is 5.55. The Morgan fingerprint density at radius 2 is 2.21 bits per heavy atom. The summed E-state index contributed by atoms with van der Waals surface area (Å²) in [6.07, 6.45) is 1.79. The van der Waals surface area contributed by atoms with Crippen LogP contribution in [0, 0.1) is 6.92 Å². The molecule has 3 heterocycles. The summed E-state index contributed by atoms with van der Waals surface area (Å²) < 4.78 is 0. The molecule has 2 fully saturated rings. The van der Waals surface area contributed by atoms with Crippen LogP contribution in [0.25, 0.3) is 0 Å². The molecule has 0 N–H and O–H groups in total. The molecule has 4 nitrogen and oxygen atoms in total. The average molecular weight is 259 g/mol. The molecule has 0 unspecified atom stereocenters. The smallest absolute Gasteiger partial charge is 0.224 e. The number of likely N-dealkylation sites (tertiary alicyclic amines) is 2. The summed E-state index contributed by atoms with van der Waals surface area (Å²) in [6, 6.07) is 6.99. The number of pyridine rings is 1. The number of hydrogen-bond donors (Lipinski definition) is 0. The molecule has 0 spiro atoms. The lowest BCUT2D eigenvalue weighted by molar-refractivity contribution is -0.128. The molecule has 2 aliphatic rings. The highest BCUT2D eigenvalue weighted by Gasteiger charge is 2.45. The minimum Gasteiger partial charge on any atom is -0.338 e. The van der Waals surface area contributed by atoms with Crippen LogP contribution in [0.15, 0.2) is 18.2 Å². The first-order valence-electron chi connectivity index (χ1n) is 7.15. The van der Waals surface area contributed by atoms with Gasteiger partial charge in [-0.25, -0.2) is 0 Å². The first-order chi connectivity index (χ1) is 9.19. The van der Waals surface area contributed by atoms with Gasteiger partial charge in [0.05, 0.1) is 5.69 Å². The molecule has 1 aromatic heterocycles. The Morgan fingerprint density at radius 1 is 1.37 bits per heavy atom. The number of fused-ring (bicyclic) bond motifs is 1. The number of likely N-dealkylation sites (N-methyl/N-ethyl adjacent to an activating group) is 1. The molecular weight excluding hydrogens is 238 g/mol. The van der Waals surface area contributed by atoms with Crippen LogP contribution in [0.2, 0.25) is 0 Å². The van der Waals surface area contributed by atoms with E-state index in [2.05, 4.69) is 28.9 Å². The van der Waals surface area contributed by atoms with Gasteiger partial charge >= 0.3 is 0 Å². The molecule has 0 aliphatic carbocycles. The maximum atomic E-state index is 12.0. The third-order valence-electron chi connectivity index (χ3n) is 4.38. The Labute approximate surface area is 114 Å². The maximum Gasteiger partial charge on any atom is 0.224 e. The fourth-order valence-electron chi connectivity index (χ4n) is 3.51. The van der Waals surface area contributed by atoms with Crippen molar-refractivity contribution in [1.29, 1.82) is 0 Å². The van der Waals surface area contributed by atoms with E-state index in [4.69, 9.17) is 0 Å². The SMILES string of the molecule is CCN1C(=O)C[C@@H]2[C@H]1CCN2Cc1cccc(C)n1. The quantitative estimate of drug-likeness (QED) is 0.827. The highest BCUT2D eigenvalue weighted by atomic mass is 16.2. The van der Waals surface area contributed by atoms with Gasteiger partial charge in [-0.1, -0.05) is 6.07 Å². The molecule has 102 valence electrons. The van der Waals surface area contributed by atoms with Crippen molar-refractivity contribution in [2.24, 2.45) is 0 Å². The second-order valence-electron chi connectivity index (χ2n) is 5.55. The minimum atomic E-state index is 0.319. The lowest BCUT2D eigenvalue weighted by Gasteiger charge is -2.24. The molecule has 2 aliphatic heterocycles. The summed E-state index contributed by atoms with van der Waals surface area (Å²) in [5.41, 5.74) is 2.17. The van der Waals surface area contributed by atoms with Crippen molar-refractivity contribution in [3.05, 3.63) is 29.6 Å². The fraction of sp³-hybridized carbons (Fsp3) is 0.600. The van der Waals surface area contributed by atoms with Gasteiger partial charge in [-0.2, -0.15) is 0 Å². The third kappa shape index (κ3) is 2.25. The molecule has 3 rings (SSSR count). The molecule has 0 saturated carbocycles. The van der Waals surface area contributed by atoms with Gasteiger partial charge in [0, 0.05) is 43.8 Å². The van der Waals surface area contributed by atoms with Gasteiger partial charge in [-0.3, -0.25) is 14.7 Å². The lowest BCUT2D eigenvalue weighted by atomic mass is 10.1. The number of carbonyl (C=O) groups excluding carboxylic acids is 1. The predicted octanol–water partition coefficient (Wildman–Crippen LogP) is 1.59. The zero-order chi connectivity index (χ0) is 13.4. The highest BCUT2D eigenvalue weighted by Crippen LogP contribution is 2.32. The average Bonchev–Trinajstić information content (AvgIpc) is 2.89. The van der Waals surface area contributed by atoms with Crippen molar-refractivity contribution in [1.82, 2.24) is 14.8 Å². The van der Waals surface area contributed by atoms with Crippen LogP contribution in [0.4, 0.5) is 0 Å². The first-order valence-corrected chi connectivity index (χ1v) is 7.15. The molecular formula is C15H21N3O. The molecule has 0 bridgehead atoms. The Balaban J connectivity index is 1.72. The summed E-state index contributed by atoms with van der Waals surface area (Å²) in [5.74, 6) is 0.319. The number of nitrogens with zero attached hydrogens (tertiary/aromatic N) is 3. The molecule has 4 heteroatoms. The number of aromatic nitrogens is 1. The highest BCUT2D eigenvalue weighted by molar-refractivity contribution is 5.80. The molecule has 1 amide bonds. The zero-order valence-corrected chi connectivity index (χ0v) is 11.7. The summed E-state index contributed by atoms with van der Waals surface area (Å²) in [6.45, 7) is 6.89. The molecule has 0 aromatic carbocycles. The van der Waals surface area contributed by atoms with Gasteiger partial charge in [-0.05, 0) is 32.4 Å². The fourth-order valence-corrected chi connectivity index (χ4v) is 3.51. The van der Waals surface area contributed by atoms with Gasteiger partial charge < -0.3 is 4.90 Å². The predicted molar refractivity (Wildman–Crippen MR) is 73.6 cm³/mol. The van der Waals surface area contributed by atoms with Crippen molar-refractivity contribution < 1.29 is 4.79 Å². The monoisotopic (exact) mass is 259 g/mol. The number of hydrogen-bond acceptors (Lipinski definition) is 3. The summed E-state index contributed by atoms with van der Waals surface area (Å²) in [4.78, 5) is 21.0. The zero-order valence-electron chi connectivity index (χ0n) is 11.7. The van der Waals surface area contributed by atoms with Crippen LogP contribution in [0.1, 0.15) is 31.2 Å². The standard InChI is InChI=1S/C15H21N3O/c1-3-18-13-7-8-17(14(13)9-15(18)19)10-12-6-4-5-11(2)16-12/h4-6,13-14H,3,7-10H2,1-2H3/t13-,14-/m1/s1. The number of amides is 1. The van der Waals surface area contributed by atoms with Crippen LogP contribution in [0.3, 0.4) is 0 Å². The number of carbonyl (C=O) groups is 1. The molecule has 2 saturated heterocycles. The van der Waals surface area contributed by atoms with Gasteiger partial charge in [0.2, 0.25) is 5.91 Å². The molecule has 2 atom stereocenters. The van der Waals surface area contributed by atoms with E-state index in [-0.39, 0.29) is 0 Å². The van der Waals surface area contributed by atoms with Crippen LogP contribution >= 0.6 is 0 Å². The number of rotatable bonds is 3. The van der Waals surface area contributed by atoms with E-state index in [9.17, 15) is 4.79 Å². The van der Waals surface area contributed by atoms with E-state index in [1.807, 2.05) is 17.9 Å². The van der Waals surface area contributed by atoms with Crippen molar-refractivity contribution in [3.8, 4) is 0 Å². The van der Waals surface area contributed by atoms with Crippen LogP contribution in [-0.2, 0) is 11.3 Å². The first kappa shape index (κ1) is 12.6. The number of aryl methyl sites for hydroxylation is 1. The van der Waals surface area contributed by atoms with Crippen LogP contribution in [0.5, 0.6) is 0 Å². The lowest BCUT2D eigenvalue weighted by Crippen LogP contribution is -2.37. The molecule has 19 heavy (non-hydrogen) atoms. The molecule has 1 aromatic rings. The summed E-state index contributed by atoms with van der Waals surface area (Å²) >= 11 is 0. The second kappa shape index (κ2) is 4.93. The Hall–Kier alpha value is -1.42. The van der Waals surface area contributed by atoms with Crippen molar-refractivity contribution >= 4 is 5.91 Å². The van der Waals surface area contributed by atoms with Gasteiger partial charge in [0.15, 0.2) is 0 Å². The maximum absolute atomic E-state index is 12.0. The normalized spacial score (nSPS) is 27.1. The Morgan fingerprint density at radius 3 is 2.95 bits per heavy atom. The summed E-state index contributed by atoms with van der Waals surface area (Å²) in [5, 5.41) is 0. The van der Waals surface area contributed by atoms with E-state index in [0.717, 1.165) is 37.4 Å². The van der Waals surface area contributed by atoms with Gasteiger partial charge in [0.25, 0.3) is 0 Å². The van der Waals surface area contributed by atoms with Crippen molar-refractivity contribution in [2.75, 3.05) is 13.1 Å². The van der Waals surface area contributed by atoms with Crippen LogP contribution < -0.4 is 0 Å². The van der Waals surface area contributed by atoms with Gasteiger partial charge in [-0.15, -0.1) is 0 Å². The minimum absolute atomic E-state index is 0.319. The third-order valence-corrected chi connectivity index (χ3v) is 4.38. The Bertz CT molecular complexity index is 488. The van der Waals surface area contributed by atoms with E-state index in [1.165, 1.54) is 0 Å². The Kier molecular flexibility index (Phi) is 3.27. The largest absolute Gasteiger partial charge is 0.338 e. The van der Waals surface area contributed by atoms with Crippen molar-refractivity contribution in [2.45, 2.75) is 45.3 Å². The summed E-state index contributed by atoms with van der Waals surface area (Å²) in [7, 11) is 0. The van der Waals surface area contributed by atoms with Crippen LogP contribution in [-0.4, -0.2) is 45.9 Å². The van der Waals surface area contributed by atoms with E-state index < -0.39 is 0 Å². The topological polar surface area (TPSA) is 36.4 Å². The van der Waals surface area contributed by atoms with E-state index >= 15 is 0 Å². The van der Waals surface area contributed by atoms with Crippen molar-refractivity contribution in [3.63, 3.8) is 0 Å². The van der Waals surface area contributed by atoms with E-state index in [0.29, 0.717) is 24.4 Å².